The van der Waals surface area contributed by atoms with Gasteiger partial charge >= 0.3 is 6.18 Å². The fraction of sp³-hybridized carbons (Fsp3) is 0.583. The number of halogens is 3. The predicted octanol–water partition coefficient (Wildman–Crippen LogP) is 3.29. The Morgan fingerprint density at radius 2 is 2.06 bits per heavy atom. The van der Waals surface area contributed by atoms with Gasteiger partial charge in [-0.15, -0.1) is 0 Å². The second-order valence-electron chi connectivity index (χ2n) is 4.27. The van der Waals surface area contributed by atoms with E-state index in [2.05, 4.69) is 10.3 Å². The molecule has 3 nitrogen and oxygen atoms in total. The average molecular weight is 261 g/mol. The van der Waals surface area contributed by atoms with Crippen molar-refractivity contribution in [2.24, 2.45) is 0 Å². The standard InChI is InChI=1S/C12H18F3N3/c1-4-16-11-7-10(5-6-17-11)18(9(2)3)8-12(13,14)15/h5-7,9H,4,8H2,1-3H3,(H,16,17). The van der Waals surface area contributed by atoms with E-state index in [-0.39, 0.29) is 6.04 Å². The van der Waals surface area contributed by atoms with Crippen molar-refractivity contribution >= 4 is 11.5 Å². The SMILES string of the molecule is CCNc1cc(N(CC(F)(F)F)C(C)C)ccn1. The Morgan fingerprint density at radius 1 is 1.39 bits per heavy atom. The highest BCUT2D eigenvalue weighted by atomic mass is 19.4. The lowest BCUT2D eigenvalue weighted by atomic mass is 10.2. The van der Waals surface area contributed by atoms with E-state index in [9.17, 15) is 13.2 Å². The summed E-state index contributed by atoms with van der Waals surface area (Å²) in [6.07, 6.45) is -2.70. The Balaban J connectivity index is 2.95. The van der Waals surface area contributed by atoms with Crippen LogP contribution in [0.3, 0.4) is 0 Å². The van der Waals surface area contributed by atoms with Crippen LogP contribution in [0.25, 0.3) is 0 Å². The maximum absolute atomic E-state index is 12.5. The zero-order valence-electron chi connectivity index (χ0n) is 10.8. The molecule has 0 saturated heterocycles. The van der Waals surface area contributed by atoms with E-state index in [1.54, 1.807) is 26.0 Å². The van der Waals surface area contributed by atoms with E-state index in [0.29, 0.717) is 18.1 Å². The molecule has 0 spiro atoms. The van der Waals surface area contributed by atoms with Gasteiger partial charge in [0.2, 0.25) is 0 Å². The van der Waals surface area contributed by atoms with Gasteiger partial charge in [0.25, 0.3) is 0 Å². The first-order valence-corrected chi connectivity index (χ1v) is 5.87. The summed E-state index contributed by atoms with van der Waals surface area (Å²) in [5, 5.41) is 2.99. The van der Waals surface area contributed by atoms with E-state index in [1.807, 2.05) is 6.92 Å². The number of rotatable bonds is 5. The molecule has 0 aliphatic carbocycles. The molecule has 1 N–H and O–H groups in total. The molecule has 0 fully saturated rings. The summed E-state index contributed by atoms with van der Waals surface area (Å²) in [4.78, 5) is 5.36. The molecule has 0 aliphatic heterocycles. The van der Waals surface area contributed by atoms with Crippen LogP contribution in [0, 0.1) is 0 Å². The number of nitrogens with one attached hydrogen (secondary N) is 1. The number of hydrogen-bond acceptors (Lipinski definition) is 3. The van der Waals surface area contributed by atoms with Crippen LogP contribution < -0.4 is 10.2 Å². The van der Waals surface area contributed by atoms with Gasteiger partial charge < -0.3 is 10.2 Å². The van der Waals surface area contributed by atoms with Crippen molar-refractivity contribution in [3.63, 3.8) is 0 Å². The summed E-state index contributed by atoms with van der Waals surface area (Å²) in [6.45, 7) is 5.10. The molecule has 1 aromatic rings. The highest BCUT2D eigenvalue weighted by molar-refractivity contribution is 5.54. The van der Waals surface area contributed by atoms with E-state index in [1.165, 1.54) is 11.1 Å². The first kappa shape index (κ1) is 14.6. The van der Waals surface area contributed by atoms with Gasteiger partial charge in [-0.1, -0.05) is 0 Å². The molecule has 1 aromatic heterocycles. The van der Waals surface area contributed by atoms with Gasteiger partial charge in [0.1, 0.15) is 12.4 Å². The third-order valence-corrected chi connectivity index (χ3v) is 2.41. The Morgan fingerprint density at radius 3 is 2.56 bits per heavy atom. The van der Waals surface area contributed by atoms with Crippen LogP contribution in [0.1, 0.15) is 20.8 Å². The molecule has 0 amide bonds. The number of nitrogens with zero attached hydrogens (tertiary/aromatic N) is 2. The largest absolute Gasteiger partial charge is 0.405 e. The van der Waals surface area contributed by atoms with Gasteiger partial charge in [-0.25, -0.2) is 4.98 Å². The van der Waals surface area contributed by atoms with Gasteiger partial charge in [0.15, 0.2) is 0 Å². The Kier molecular flexibility index (Phi) is 4.81. The van der Waals surface area contributed by atoms with E-state index in [0.717, 1.165) is 0 Å². The summed E-state index contributed by atoms with van der Waals surface area (Å²) in [7, 11) is 0. The topological polar surface area (TPSA) is 28.2 Å². The lowest BCUT2D eigenvalue weighted by Crippen LogP contribution is -2.39. The second-order valence-corrected chi connectivity index (χ2v) is 4.27. The van der Waals surface area contributed by atoms with Crippen LogP contribution in [-0.2, 0) is 0 Å². The minimum Gasteiger partial charge on any atom is -0.370 e. The number of hydrogen-bond donors (Lipinski definition) is 1. The molecule has 0 saturated carbocycles. The van der Waals surface area contributed by atoms with Crippen molar-refractivity contribution in [1.82, 2.24) is 4.98 Å². The van der Waals surface area contributed by atoms with Crippen molar-refractivity contribution in [3.8, 4) is 0 Å². The highest BCUT2D eigenvalue weighted by Crippen LogP contribution is 2.25. The fourth-order valence-corrected chi connectivity index (χ4v) is 1.64. The molecule has 0 radical (unpaired) electrons. The number of alkyl halides is 3. The zero-order chi connectivity index (χ0) is 13.8. The Bertz CT molecular complexity index is 377. The third-order valence-electron chi connectivity index (χ3n) is 2.41. The third kappa shape index (κ3) is 4.43. The quantitative estimate of drug-likeness (QED) is 0.881. The molecule has 1 heterocycles. The molecule has 0 bridgehead atoms. The number of pyridine rings is 1. The maximum atomic E-state index is 12.5. The summed E-state index contributed by atoms with van der Waals surface area (Å²) >= 11 is 0. The number of anilines is 2. The fourth-order valence-electron chi connectivity index (χ4n) is 1.64. The summed E-state index contributed by atoms with van der Waals surface area (Å²) in [6, 6.07) is 2.99. The normalized spacial score (nSPS) is 11.7. The zero-order valence-corrected chi connectivity index (χ0v) is 10.8. The van der Waals surface area contributed by atoms with Gasteiger partial charge in [0.05, 0.1) is 0 Å². The molecule has 0 aliphatic rings. The molecule has 0 atom stereocenters. The first-order valence-electron chi connectivity index (χ1n) is 5.87. The maximum Gasteiger partial charge on any atom is 0.405 e. The van der Waals surface area contributed by atoms with E-state index >= 15 is 0 Å². The van der Waals surface area contributed by atoms with Gasteiger partial charge in [0, 0.05) is 30.5 Å². The smallest absolute Gasteiger partial charge is 0.370 e. The van der Waals surface area contributed by atoms with E-state index < -0.39 is 12.7 Å². The van der Waals surface area contributed by atoms with Crippen molar-refractivity contribution in [3.05, 3.63) is 18.3 Å². The predicted molar refractivity (Wildman–Crippen MR) is 66.9 cm³/mol. The van der Waals surface area contributed by atoms with Crippen molar-refractivity contribution in [2.75, 3.05) is 23.3 Å². The molecule has 1 rings (SSSR count). The lowest BCUT2D eigenvalue weighted by Gasteiger charge is -2.30. The first-order chi connectivity index (χ1) is 8.33. The molecule has 0 unspecified atom stereocenters. The summed E-state index contributed by atoms with van der Waals surface area (Å²) in [5.41, 5.74) is 0.522. The van der Waals surface area contributed by atoms with E-state index in [4.69, 9.17) is 0 Å². The molecule has 6 heteroatoms. The van der Waals surface area contributed by atoms with Gasteiger partial charge in [-0.3, -0.25) is 0 Å². The Labute approximate surface area is 105 Å². The molecular weight excluding hydrogens is 243 g/mol. The van der Waals surface area contributed by atoms with Crippen molar-refractivity contribution < 1.29 is 13.2 Å². The van der Waals surface area contributed by atoms with Crippen LogP contribution in [0.4, 0.5) is 24.7 Å². The monoisotopic (exact) mass is 261 g/mol. The molecule has 18 heavy (non-hydrogen) atoms. The average Bonchev–Trinajstić information content (AvgIpc) is 2.25. The van der Waals surface area contributed by atoms with Crippen LogP contribution in [0.2, 0.25) is 0 Å². The van der Waals surface area contributed by atoms with Crippen LogP contribution in [-0.4, -0.2) is 30.3 Å². The number of aromatic nitrogens is 1. The summed E-state index contributed by atoms with van der Waals surface area (Å²) in [5.74, 6) is 0.586. The van der Waals surface area contributed by atoms with Crippen molar-refractivity contribution in [2.45, 2.75) is 33.0 Å². The van der Waals surface area contributed by atoms with Gasteiger partial charge in [-0.2, -0.15) is 13.2 Å². The minimum absolute atomic E-state index is 0.233. The van der Waals surface area contributed by atoms with Crippen LogP contribution in [0.5, 0.6) is 0 Å². The molecule has 0 aromatic carbocycles. The van der Waals surface area contributed by atoms with Crippen LogP contribution in [0.15, 0.2) is 18.3 Å². The van der Waals surface area contributed by atoms with Crippen molar-refractivity contribution in [1.29, 1.82) is 0 Å². The summed E-state index contributed by atoms with van der Waals surface area (Å²) < 4.78 is 37.6. The van der Waals surface area contributed by atoms with Crippen LogP contribution >= 0.6 is 0 Å². The molecule has 102 valence electrons. The lowest BCUT2D eigenvalue weighted by molar-refractivity contribution is -0.120. The highest BCUT2D eigenvalue weighted by Gasteiger charge is 2.32. The second kappa shape index (κ2) is 5.93. The Hall–Kier alpha value is -1.46. The molecular formula is C12H18F3N3. The minimum atomic E-state index is -4.22. The van der Waals surface area contributed by atoms with Gasteiger partial charge in [-0.05, 0) is 26.8 Å².